The minimum absolute atomic E-state index is 0.0884. The third-order valence-electron chi connectivity index (χ3n) is 5.20. The summed E-state index contributed by atoms with van der Waals surface area (Å²) >= 11 is 0. The summed E-state index contributed by atoms with van der Waals surface area (Å²) in [5, 5.41) is 23.4. The summed E-state index contributed by atoms with van der Waals surface area (Å²) in [5.41, 5.74) is -2.20. The average molecular weight is 350 g/mol. The lowest BCUT2D eigenvalue weighted by atomic mass is 9.54. The van der Waals surface area contributed by atoms with E-state index in [1.54, 1.807) is 13.8 Å². The number of hydrogen-bond acceptors (Lipinski definition) is 5. The molecule has 1 aromatic rings. The van der Waals surface area contributed by atoms with Crippen LogP contribution in [0.3, 0.4) is 0 Å². The fraction of sp³-hybridized carbons (Fsp3) is 0.529. The van der Waals surface area contributed by atoms with Crippen molar-refractivity contribution in [3.05, 3.63) is 39.4 Å². The lowest BCUT2D eigenvalue weighted by molar-refractivity contribution is -0.385. The number of rotatable bonds is 6. The number of ether oxygens (including phenoxy) is 1. The van der Waals surface area contributed by atoms with E-state index >= 15 is 0 Å². The van der Waals surface area contributed by atoms with Crippen LogP contribution < -0.4 is 5.32 Å². The molecular formula is C17H22N2O6. The van der Waals surface area contributed by atoms with Crippen LogP contribution in [0.1, 0.15) is 43.1 Å². The standard InChI is InChI=1S/C17H22N2O6/c1-5-25-13-9-17(15(21)22,16(13,3)4)18-14(20)11-7-6-8-12(10(11)2)19(23)24/h6-8,13H,5,9H2,1-4H3,(H,18,20)(H,21,22). The van der Waals surface area contributed by atoms with Crippen LogP contribution in [0.4, 0.5) is 5.69 Å². The number of nitro benzene ring substituents is 1. The number of carboxylic acids is 1. The van der Waals surface area contributed by atoms with Crippen LogP contribution in [0, 0.1) is 22.5 Å². The first-order valence-corrected chi connectivity index (χ1v) is 8.00. The Morgan fingerprint density at radius 3 is 2.56 bits per heavy atom. The van der Waals surface area contributed by atoms with E-state index in [4.69, 9.17) is 4.74 Å². The number of amides is 1. The zero-order chi connectivity index (χ0) is 19.0. The number of nitro groups is 1. The van der Waals surface area contributed by atoms with Crippen LogP contribution in [0.25, 0.3) is 0 Å². The molecule has 2 rings (SSSR count). The summed E-state index contributed by atoms with van der Waals surface area (Å²) in [6.07, 6.45) is -0.150. The Morgan fingerprint density at radius 2 is 2.08 bits per heavy atom. The van der Waals surface area contributed by atoms with Gasteiger partial charge in [0.2, 0.25) is 0 Å². The number of aliphatic carboxylic acids is 1. The predicted octanol–water partition coefficient (Wildman–Crippen LogP) is 2.29. The highest BCUT2D eigenvalue weighted by Crippen LogP contribution is 2.51. The molecule has 0 bridgehead atoms. The first-order valence-electron chi connectivity index (χ1n) is 8.00. The van der Waals surface area contributed by atoms with Crippen molar-refractivity contribution >= 4 is 17.6 Å². The Morgan fingerprint density at radius 1 is 1.44 bits per heavy atom. The summed E-state index contributed by atoms with van der Waals surface area (Å²) in [6, 6.07) is 4.15. The molecule has 2 N–H and O–H groups in total. The van der Waals surface area contributed by atoms with Crippen molar-refractivity contribution in [2.24, 2.45) is 5.41 Å². The van der Waals surface area contributed by atoms with Crippen molar-refractivity contribution < 1.29 is 24.4 Å². The van der Waals surface area contributed by atoms with Gasteiger partial charge in [-0.05, 0) is 19.9 Å². The number of carboxylic acid groups (broad SMARTS) is 1. The highest BCUT2D eigenvalue weighted by atomic mass is 16.6. The molecule has 0 radical (unpaired) electrons. The van der Waals surface area contributed by atoms with Gasteiger partial charge in [-0.3, -0.25) is 14.9 Å². The van der Waals surface area contributed by atoms with E-state index in [0.29, 0.717) is 6.61 Å². The molecule has 8 nitrogen and oxygen atoms in total. The maximum Gasteiger partial charge on any atom is 0.330 e. The Balaban J connectivity index is 2.34. The number of hydrogen-bond donors (Lipinski definition) is 2. The van der Waals surface area contributed by atoms with Crippen molar-refractivity contribution in [2.75, 3.05) is 6.61 Å². The molecular weight excluding hydrogens is 328 g/mol. The predicted molar refractivity (Wildman–Crippen MR) is 89.5 cm³/mol. The topological polar surface area (TPSA) is 119 Å². The molecule has 0 aliphatic heterocycles. The van der Waals surface area contributed by atoms with Gasteiger partial charge in [-0.2, -0.15) is 0 Å². The molecule has 8 heteroatoms. The van der Waals surface area contributed by atoms with Gasteiger partial charge in [0, 0.05) is 35.6 Å². The third-order valence-corrected chi connectivity index (χ3v) is 5.20. The van der Waals surface area contributed by atoms with Gasteiger partial charge in [-0.15, -0.1) is 0 Å². The van der Waals surface area contributed by atoms with Crippen molar-refractivity contribution in [2.45, 2.75) is 45.8 Å². The summed E-state index contributed by atoms with van der Waals surface area (Å²) < 4.78 is 5.56. The van der Waals surface area contributed by atoms with E-state index in [2.05, 4.69) is 5.32 Å². The molecule has 1 aromatic carbocycles. The van der Waals surface area contributed by atoms with Gasteiger partial charge in [0.25, 0.3) is 11.6 Å². The zero-order valence-corrected chi connectivity index (χ0v) is 14.7. The molecule has 1 amide bonds. The highest BCUT2D eigenvalue weighted by molar-refractivity contribution is 6.00. The smallest absolute Gasteiger partial charge is 0.330 e. The molecule has 0 saturated heterocycles. The van der Waals surface area contributed by atoms with Crippen LogP contribution >= 0.6 is 0 Å². The second-order valence-electron chi connectivity index (χ2n) is 6.74. The third kappa shape index (κ3) is 2.86. The van der Waals surface area contributed by atoms with E-state index in [0.717, 1.165) is 0 Å². The van der Waals surface area contributed by atoms with Crippen LogP contribution in [-0.2, 0) is 9.53 Å². The summed E-state index contributed by atoms with van der Waals surface area (Å²) in [6.45, 7) is 7.19. The summed E-state index contributed by atoms with van der Waals surface area (Å²) in [7, 11) is 0. The summed E-state index contributed by atoms with van der Waals surface area (Å²) in [5.74, 6) is -1.79. The Bertz CT molecular complexity index is 730. The lowest BCUT2D eigenvalue weighted by Crippen LogP contribution is -2.76. The summed E-state index contributed by atoms with van der Waals surface area (Å²) in [4.78, 5) is 35.1. The highest BCUT2D eigenvalue weighted by Gasteiger charge is 2.66. The second-order valence-corrected chi connectivity index (χ2v) is 6.74. The maximum atomic E-state index is 12.7. The molecule has 2 unspecified atom stereocenters. The van der Waals surface area contributed by atoms with E-state index in [1.165, 1.54) is 25.1 Å². The monoisotopic (exact) mass is 350 g/mol. The van der Waals surface area contributed by atoms with Crippen molar-refractivity contribution in [1.82, 2.24) is 5.32 Å². The zero-order valence-electron chi connectivity index (χ0n) is 14.7. The fourth-order valence-electron chi connectivity index (χ4n) is 3.37. The molecule has 1 fully saturated rings. The van der Waals surface area contributed by atoms with Crippen LogP contribution in [0.15, 0.2) is 18.2 Å². The first-order chi connectivity index (χ1) is 11.6. The SMILES string of the molecule is CCOC1CC(NC(=O)c2cccc([N+](=O)[O-])c2C)(C(=O)O)C1(C)C. The van der Waals surface area contributed by atoms with Gasteiger partial charge < -0.3 is 15.2 Å². The number of benzene rings is 1. The van der Waals surface area contributed by atoms with Gasteiger partial charge in [-0.1, -0.05) is 19.9 Å². The van der Waals surface area contributed by atoms with Gasteiger partial charge in [0.1, 0.15) is 5.54 Å². The van der Waals surface area contributed by atoms with Crippen LogP contribution in [0.2, 0.25) is 0 Å². The second kappa shape index (κ2) is 6.44. The molecule has 136 valence electrons. The molecule has 0 aromatic heterocycles. The van der Waals surface area contributed by atoms with Gasteiger partial charge in [-0.25, -0.2) is 4.79 Å². The fourth-order valence-corrected chi connectivity index (χ4v) is 3.37. The quantitative estimate of drug-likeness (QED) is 0.600. The van der Waals surface area contributed by atoms with E-state index < -0.39 is 27.8 Å². The Kier molecular flexibility index (Phi) is 4.85. The largest absolute Gasteiger partial charge is 0.479 e. The molecule has 1 aliphatic carbocycles. The van der Waals surface area contributed by atoms with Crippen molar-refractivity contribution in [3.8, 4) is 0 Å². The normalized spacial score (nSPS) is 24.2. The number of nitrogens with zero attached hydrogens (tertiary/aromatic N) is 1. The van der Waals surface area contributed by atoms with Crippen molar-refractivity contribution in [1.29, 1.82) is 0 Å². The first kappa shape index (κ1) is 18.9. The minimum atomic E-state index is -1.49. The van der Waals surface area contributed by atoms with Crippen LogP contribution in [-0.4, -0.2) is 40.2 Å². The van der Waals surface area contributed by atoms with E-state index in [9.17, 15) is 24.8 Å². The van der Waals surface area contributed by atoms with Crippen LogP contribution in [0.5, 0.6) is 0 Å². The number of carbonyl (C=O) groups excluding carboxylic acids is 1. The molecule has 2 atom stereocenters. The minimum Gasteiger partial charge on any atom is -0.479 e. The average Bonchev–Trinajstić information content (AvgIpc) is 2.52. The van der Waals surface area contributed by atoms with Gasteiger partial charge in [0.05, 0.1) is 11.0 Å². The Labute approximate surface area is 145 Å². The Hall–Kier alpha value is -2.48. The van der Waals surface area contributed by atoms with Gasteiger partial charge >= 0.3 is 5.97 Å². The number of nitrogens with one attached hydrogen (secondary N) is 1. The maximum absolute atomic E-state index is 12.7. The molecule has 25 heavy (non-hydrogen) atoms. The molecule has 1 aliphatic rings. The molecule has 0 spiro atoms. The van der Waals surface area contributed by atoms with E-state index in [-0.39, 0.29) is 29.3 Å². The van der Waals surface area contributed by atoms with Gasteiger partial charge in [0.15, 0.2) is 0 Å². The molecule has 0 heterocycles. The van der Waals surface area contributed by atoms with Crippen molar-refractivity contribution in [3.63, 3.8) is 0 Å². The number of carbonyl (C=O) groups is 2. The van der Waals surface area contributed by atoms with E-state index in [1.807, 2.05) is 6.92 Å². The lowest BCUT2D eigenvalue weighted by Gasteiger charge is -2.58. The molecule has 1 saturated carbocycles.